The Labute approximate surface area is 130 Å². The Kier molecular flexibility index (Phi) is 2.51. The molecule has 4 rings (SSSR count). The van der Waals surface area contributed by atoms with E-state index in [-0.39, 0.29) is 50.3 Å². The van der Waals surface area contributed by atoms with Crippen LogP contribution < -0.4 is 0 Å². The number of fused-ring (bicyclic) bond motifs is 3. The third-order valence-corrected chi connectivity index (χ3v) is 4.12. The van der Waals surface area contributed by atoms with Crippen LogP contribution in [0.4, 0.5) is 0 Å². The van der Waals surface area contributed by atoms with Crippen LogP contribution in [-0.4, -0.2) is 26.9 Å². The standard InChI is InChI=1S/C18H10O5/c19-12-5-1-3-8-10(12)7-11-15(17(8)22)18(23)14-9(16(11)21)4-2-6-13(14)20/h1-7,19-20,22H. The van der Waals surface area contributed by atoms with Gasteiger partial charge < -0.3 is 15.3 Å². The Morgan fingerprint density at radius 3 is 2.13 bits per heavy atom. The molecule has 0 radical (unpaired) electrons. The molecule has 3 aromatic carbocycles. The zero-order valence-corrected chi connectivity index (χ0v) is 11.7. The summed E-state index contributed by atoms with van der Waals surface area (Å²) in [5, 5.41) is 30.9. The number of ketones is 2. The van der Waals surface area contributed by atoms with Crippen LogP contribution >= 0.6 is 0 Å². The highest BCUT2D eigenvalue weighted by Gasteiger charge is 2.35. The fraction of sp³-hybridized carbons (Fsp3) is 0. The molecule has 0 aliphatic heterocycles. The maximum absolute atomic E-state index is 12.7. The first kappa shape index (κ1) is 13.3. The minimum Gasteiger partial charge on any atom is -0.507 e. The van der Waals surface area contributed by atoms with Crippen molar-refractivity contribution in [1.29, 1.82) is 0 Å². The molecule has 0 amide bonds. The summed E-state index contributed by atoms with van der Waals surface area (Å²) in [6.07, 6.45) is 0. The SMILES string of the molecule is O=C1c2cccc(O)c2C(=O)c2c1cc1c(O)cccc1c2O. The van der Waals surface area contributed by atoms with Gasteiger partial charge in [0.15, 0.2) is 5.78 Å². The Balaban J connectivity index is 2.15. The molecule has 0 aromatic heterocycles. The van der Waals surface area contributed by atoms with Gasteiger partial charge in [0.2, 0.25) is 5.78 Å². The highest BCUT2D eigenvalue weighted by Crippen LogP contribution is 2.42. The van der Waals surface area contributed by atoms with E-state index in [4.69, 9.17) is 0 Å². The fourth-order valence-corrected chi connectivity index (χ4v) is 3.04. The largest absolute Gasteiger partial charge is 0.507 e. The molecule has 0 fully saturated rings. The highest BCUT2D eigenvalue weighted by molar-refractivity contribution is 6.31. The number of hydrogen-bond donors (Lipinski definition) is 3. The van der Waals surface area contributed by atoms with Gasteiger partial charge in [0.05, 0.1) is 11.1 Å². The molecule has 3 aromatic rings. The first-order valence-electron chi connectivity index (χ1n) is 6.89. The van der Waals surface area contributed by atoms with Gasteiger partial charge in [-0.25, -0.2) is 0 Å². The lowest BCUT2D eigenvalue weighted by atomic mass is 9.81. The topological polar surface area (TPSA) is 94.8 Å². The van der Waals surface area contributed by atoms with E-state index in [1.165, 1.54) is 36.4 Å². The second-order valence-electron chi connectivity index (χ2n) is 5.38. The van der Waals surface area contributed by atoms with E-state index < -0.39 is 11.6 Å². The van der Waals surface area contributed by atoms with Gasteiger partial charge in [-0.05, 0) is 18.2 Å². The minimum atomic E-state index is -0.615. The summed E-state index contributed by atoms with van der Waals surface area (Å²) < 4.78 is 0. The van der Waals surface area contributed by atoms with E-state index in [1.54, 1.807) is 6.07 Å². The quantitative estimate of drug-likeness (QED) is 0.464. The van der Waals surface area contributed by atoms with Crippen molar-refractivity contribution in [1.82, 2.24) is 0 Å². The van der Waals surface area contributed by atoms with Crippen molar-refractivity contribution >= 4 is 22.3 Å². The van der Waals surface area contributed by atoms with Gasteiger partial charge in [-0.1, -0.05) is 24.3 Å². The molecule has 5 nitrogen and oxygen atoms in total. The van der Waals surface area contributed by atoms with Crippen LogP contribution in [0.25, 0.3) is 10.8 Å². The number of benzene rings is 3. The van der Waals surface area contributed by atoms with Gasteiger partial charge in [-0.15, -0.1) is 0 Å². The summed E-state index contributed by atoms with van der Waals surface area (Å²) in [7, 11) is 0. The summed E-state index contributed by atoms with van der Waals surface area (Å²) in [5.41, 5.74) is -0.168. The predicted octanol–water partition coefficient (Wildman–Crippen LogP) is 2.73. The zero-order chi connectivity index (χ0) is 16.3. The van der Waals surface area contributed by atoms with Gasteiger partial charge in [0.25, 0.3) is 0 Å². The molecular formula is C18H10O5. The molecule has 0 spiro atoms. The number of aromatic hydroxyl groups is 3. The smallest absolute Gasteiger partial charge is 0.201 e. The Bertz CT molecular complexity index is 1030. The average molecular weight is 306 g/mol. The van der Waals surface area contributed by atoms with Crippen LogP contribution in [0.2, 0.25) is 0 Å². The van der Waals surface area contributed by atoms with Crippen LogP contribution in [0.15, 0.2) is 42.5 Å². The minimum absolute atomic E-state index is 0.0135. The summed E-state index contributed by atoms with van der Waals surface area (Å²) in [5.74, 6) is -1.87. The van der Waals surface area contributed by atoms with E-state index in [0.717, 1.165) is 0 Å². The number of carbonyl (C=O) groups is 2. The molecule has 0 atom stereocenters. The van der Waals surface area contributed by atoms with Gasteiger partial charge >= 0.3 is 0 Å². The van der Waals surface area contributed by atoms with Gasteiger partial charge in [0.1, 0.15) is 17.2 Å². The maximum atomic E-state index is 12.7. The Morgan fingerprint density at radius 2 is 1.35 bits per heavy atom. The lowest BCUT2D eigenvalue weighted by molar-refractivity contribution is 0.0974. The van der Waals surface area contributed by atoms with E-state index in [0.29, 0.717) is 0 Å². The van der Waals surface area contributed by atoms with Crippen LogP contribution in [-0.2, 0) is 0 Å². The molecule has 1 aliphatic carbocycles. The number of rotatable bonds is 0. The molecule has 112 valence electrons. The Morgan fingerprint density at radius 1 is 0.652 bits per heavy atom. The maximum Gasteiger partial charge on any atom is 0.201 e. The van der Waals surface area contributed by atoms with E-state index in [9.17, 15) is 24.9 Å². The van der Waals surface area contributed by atoms with Crippen molar-refractivity contribution in [3.8, 4) is 17.2 Å². The zero-order valence-electron chi connectivity index (χ0n) is 11.7. The highest BCUT2D eigenvalue weighted by atomic mass is 16.3. The third kappa shape index (κ3) is 1.61. The van der Waals surface area contributed by atoms with Gasteiger partial charge in [-0.3, -0.25) is 9.59 Å². The molecule has 23 heavy (non-hydrogen) atoms. The van der Waals surface area contributed by atoms with E-state index in [1.807, 2.05) is 0 Å². The third-order valence-electron chi connectivity index (χ3n) is 4.12. The van der Waals surface area contributed by atoms with E-state index >= 15 is 0 Å². The summed E-state index contributed by atoms with van der Waals surface area (Å²) in [6.45, 7) is 0. The number of phenolic OH excluding ortho intramolecular Hbond substituents is 3. The second kappa shape index (κ2) is 4.33. The monoisotopic (exact) mass is 306 g/mol. The first-order valence-corrected chi connectivity index (χ1v) is 6.89. The van der Waals surface area contributed by atoms with Crippen molar-refractivity contribution in [3.05, 3.63) is 64.7 Å². The molecule has 3 N–H and O–H groups in total. The molecule has 0 bridgehead atoms. The summed E-state index contributed by atoms with van der Waals surface area (Å²) in [4.78, 5) is 25.3. The van der Waals surface area contributed by atoms with Crippen molar-refractivity contribution < 1.29 is 24.9 Å². The molecule has 0 unspecified atom stereocenters. The van der Waals surface area contributed by atoms with E-state index in [2.05, 4.69) is 0 Å². The van der Waals surface area contributed by atoms with Crippen molar-refractivity contribution in [2.75, 3.05) is 0 Å². The van der Waals surface area contributed by atoms with Crippen LogP contribution in [0.1, 0.15) is 31.8 Å². The van der Waals surface area contributed by atoms with Crippen molar-refractivity contribution in [2.45, 2.75) is 0 Å². The van der Waals surface area contributed by atoms with Crippen LogP contribution in [0.3, 0.4) is 0 Å². The summed E-state index contributed by atoms with van der Waals surface area (Å²) >= 11 is 0. The summed E-state index contributed by atoms with van der Waals surface area (Å²) in [6, 6.07) is 10.1. The number of hydrogen-bond acceptors (Lipinski definition) is 5. The van der Waals surface area contributed by atoms with Gasteiger partial charge in [-0.2, -0.15) is 0 Å². The van der Waals surface area contributed by atoms with Gasteiger partial charge in [0, 0.05) is 21.9 Å². The lowest BCUT2D eigenvalue weighted by Crippen LogP contribution is -2.21. The first-order chi connectivity index (χ1) is 11.0. The van der Waals surface area contributed by atoms with Crippen molar-refractivity contribution in [2.24, 2.45) is 0 Å². The molecule has 0 heterocycles. The molecule has 5 heteroatoms. The fourth-order valence-electron chi connectivity index (χ4n) is 3.04. The molecule has 0 saturated heterocycles. The lowest BCUT2D eigenvalue weighted by Gasteiger charge is -2.20. The molecular weight excluding hydrogens is 296 g/mol. The normalized spacial score (nSPS) is 13.0. The predicted molar refractivity (Wildman–Crippen MR) is 82.2 cm³/mol. The molecule has 1 aliphatic rings. The van der Waals surface area contributed by atoms with Crippen molar-refractivity contribution in [3.63, 3.8) is 0 Å². The molecule has 0 saturated carbocycles. The Hall–Kier alpha value is -3.34. The van der Waals surface area contributed by atoms with Crippen LogP contribution in [0.5, 0.6) is 17.2 Å². The number of phenols is 3. The number of carbonyl (C=O) groups excluding carboxylic acids is 2. The second-order valence-corrected chi connectivity index (χ2v) is 5.38. The average Bonchev–Trinajstić information content (AvgIpc) is 2.53. The van der Waals surface area contributed by atoms with Crippen LogP contribution in [0, 0.1) is 0 Å².